The highest BCUT2D eigenvalue weighted by molar-refractivity contribution is 8.03. The summed E-state index contributed by atoms with van der Waals surface area (Å²) in [6, 6.07) is 7.77. The van der Waals surface area contributed by atoms with Crippen LogP contribution in [0.2, 0.25) is 0 Å². The fraction of sp³-hybridized carbons (Fsp3) is 0.346. The van der Waals surface area contributed by atoms with E-state index in [0.717, 1.165) is 28.8 Å². The van der Waals surface area contributed by atoms with Gasteiger partial charge >= 0.3 is 0 Å². The van der Waals surface area contributed by atoms with E-state index in [1.807, 2.05) is 48.7 Å². The van der Waals surface area contributed by atoms with E-state index in [9.17, 15) is 14.4 Å². The standard InChI is InChI=1S/C26H30N2O4S2/c1-16-6-11-21-23(30)22(14-34-24(21)17(16)2)32-13-5-12-27-20-9-7-19(8-10-20)18(3)25(33-4)26(31)28-15-29/h6-11,14-15,17,24,27H,5,12-13H2,1-4H3,(H,28,29,31)/b25-18+. The number of hydrogen-bond acceptors (Lipinski definition) is 7. The molecule has 2 atom stereocenters. The predicted molar refractivity (Wildman–Crippen MR) is 141 cm³/mol. The van der Waals surface area contributed by atoms with Crippen molar-refractivity contribution < 1.29 is 19.1 Å². The Labute approximate surface area is 209 Å². The molecule has 0 radical (unpaired) electrons. The number of Topliss-reactive ketones (excluding diaryl/α,β-unsaturated/α-hetero) is 1. The second kappa shape index (κ2) is 12.1. The normalized spacial score (nSPS) is 20.2. The molecular formula is C26H30N2O4S2. The molecule has 2 N–H and O–H groups in total. The number of amides is 2. The fourth-order valence-corrected chi connectivity index (χ4v) is 5.69. The smallest absolute Gasteiger partial charge is 0.264 e. The summed E-state index contributed by atoms with van der Waals surface area (Å²) < 4.78 is 5.79. The largest absolute Gasteiger partial charge is 0.489 e. The second-order valence-corrected chi connectivity index (χ2v) is 9.98. The van der Waals surface area contributed by atoms with Crippen LogP contribution in [-0.4, -0.2) is 42.8 Å². The zero-order chi connectivity index (χ0) is 24.7. The van der Waals surface area contributed by atoms with E-state index in [4.69, 9.17) is 4.74 Å². The van der Waals surface area contributed by atoms with E-state index in [1.54, 1.807) is 18.0 Å². The van der Waals surface area contributed by atoms with Crippen molar-refractivity contribution in [3.05, 3.63) is 69.2 Å². The lowest BCUT2D eigenvalue weighted by Crippen LogP contribution is -2.29. The molecule has 0 saturated carbocycles. The molecule has 6 nitrogen and oxygen atoms in total. The van der Waals surface area contributed by atoms with Crippen LogP contribution in [0.5, 0.6) is 0 Å². The summed E-state index contributed by atoms with van der Waals surface area (Å²) in [6.07, 6.45) is 6.91. The summed E-state index contributed by atoms with van der Waals surface area (Å²) in [5.41, 5.74) is 4.80. The Morgan fingerprint density at radius 2 is 1.97 bits per heavy atom. The summed E-state index contributed by atoms with van der Waals surface area (Å²) in [5, 5.41) is 7.57. The molecule has 0 bridgehead atoms. The molecule has 2 amide bonds. The molecule has 0 spiro atoms. The van der Waals surface area contributed by atoms with Gasteiger partial charge < -0.3 is 10.1 Å². The Morgan fingerprint density at radius 3 is 2.65 bits per heavy atom. The SMILES string of the molecule is CS/C(C(=O)NC=O)=C(\C)c1ccc(NCCCOC2=CSC3C(=CC=C(C)C3C)C2=O)cc1. The number of carbonyl (C=O) groups excluding carboxylic acids is 3. The van der Waals surface area contributed by atoms with E-state index >= 15 is 0 Å². The number of imide groups is 1. The average Bonchev–Trinajstić information content (AvgIpc) is 2.83. The highest BCUT2D eigenvalue weighted by atomic mass is 32.2. The minimum absolute atomic E-state index is 0.00208. The lowest BCUT2D eigenvalue weighted by Gasteiger charge is -2.31. The summed E-state index contributed by atoms with van der Waals surface area (Å²) in [7, 11) is 0. The third kappa shape index (κ3) is 6.04. The molecule has 0 saturated heterocycles. The number of carbonyl (C=O) groups is 3. The van der Waals surface area contributed by atoms with Crippen molar-refractivity contribution >= 4 is 52.9 Å². The number of ether oxygens (including phenoxy) is 1. The van der Waals surface area contributed by atoms with Crippen LogP contribution in [0, 0.1) is 5.92 Å². The van der Waals surface area contributed by atoms with Crippen LogP contribution in [0.25, 0.3) is 5.57 Å². The maximum atomic E-state index is 12.8. The Kier molecular flexibility index (Phi) is 9.24. The first-order valence-corrected chi connectivity index (χ1v) is 13.3. The molecule has 1 aliphatic carbocycles. The molecule has 180 valence electrons. The van der Waals surface area contributed by atoms with E-state index < -0.39 is 5.91 Å². The predicted octanol–water partition coefficient (Wildman–Crippen LogP) is 4.92. The molecule has 34 heavy (non-hydrogen) atoms. The highest BCUT2D eigenvalue weighted by Gasteiger charge is 2.34. The third-order valence-corrected chi connectivity index (χ3v) is 8.18. The van der Waals surface area contributed by atoms with Crippen molar-refractivity contribution in [1.29, 1.82) is 0 Å². The number of thioether (sulfide) groups is 2. The number of anilines is 1. The molecule has 0 fully saturated rings. The molecule has 1 aliphatic heterocycles. The van der Waals surface area contributed by atoms with Crippen LogP contribution in [0.4, 0.5) is 5.69 Å². The van der Waals surface area contributed by atoms with Gasteiger partial charge in [0.25, 0.3) is 5.91 Å². The molecule has 0 aromatic heterocycles. The van der Waals surface area contributed by atoms with Gasteiger partial charge in [0.05, 0.1) is 11.5 Å². The minimum Gasteiger partial charge on any atom is -0.489 e. The van der Waals surface area contributed by atoms with Crippen LogP contribution < -0.4 is 10.6 Å². The molecule has 1 heterocycles. The number of hydrogen-bond donors (Lipinski definition) is 2. The summed E-state index contributed by atoms with van der Waals surface area (Å²) >= 11 is 2.97. The maximum absolute atomic E-state index is 12.8. The number of rotatable bonds is 10. The number of allylic oxidation sites excluding steroid dienone is 5. The van der Waals surface area contributed by atoms with Gasteiger partial charge in [-0.25, -0.2) is 0 Å². The van der Waals surface area contributed by atoms with E-state index in [2.05, 4.69) is 24.5 Å². The number of fused-ring (bicyclic) bond motifs is 1. The lowest BCUT2D eigenvalue weighted by atomic mass is 9.86. The number of ketones is 1. The van der Waals surface area contributed by atoms with E-state index in [1.165, 1.54) is 17.3 Å². The number of benzene rings is 1. The van der Waals surface area contributed by atoms with E-state index in [-0.39, 0.29) is 11.0 Å². The fourth-order valence-electron chi connectivity index (χ4n) is 3.79. The van der Waals surface area contributed by atoms with Gasteiger partial charge in [-0.2, -0.15) is 0 Å². The molecule has 1 aromatic carbocycles. The molecule has 2 aliphatic rings. The highest BCUT2D eigenvalue weighted by Crippen LogP contribution is 2.40. The zero-order valence-corrected chi connectivity index (χ0v) is 21.5. The molecule has 3 rings (SSSR count). The molecule has 2 unspecified atom stereocenters. The van der Waals surface area contributed by atoms with Crippen molar-refractivity contribution in [1.82, 2.24) is 5.32 Å². The number of nitrogens with one attached hydrogen (secondary N) is 2. The van der Waals surface area contributed by atoms with Gasteiger partial charge in [0.2, 0.25) is 12.2 Å². The molecular weight excluding hydrogens is 468 g/mol. The van der Waals surface area contributed by atoms with Crippen molar-refractivity contribution in [3.8, 4) is 0 Å². The first-order chi connectivity index (χ1) is 16.4. The van der Waals surface area contributed by atoms with Gasteiger partial charge in [-0.1, -0.05) is 36.8 Å². The summed E-state index contributed by atoms with van der Waals surface area (Å²) in [6.45, 7) is 7.28. The average molecular weight is 499 g/mol. The van der Waals surface area contributed by atoms with Crippen LogP contribution >= 0.6 is 23.5 Å². The monoisotopic (exact) mass is 498 g/mol. The van der Waals surface area contributed by atoms with Crippen LogP contribution in [-0.2, 0) is 19.1 Å². The lowest BCUT2D eigenvalue weighted by molar-refractivity contribution is -0.122. The Morgan fingerprint density at radius 1 is 1.24 bits per heavy atom. The molecule has 8 heteroatoms. The van der Waals surface area contributed by atoms with Crippen molar-refractivity contribution in [2.75, 3.05) is 24.7 Å². The summed E-state index contributed by atoms with van der Waals surface area (Å²) in [4.78, 5) is 35.8. The topological polar surface area (TPSA) is 84.5 Å². The van der Waals surface area contributed by atoms with Gasteiger partial charge in [-0.3, -0.25) is 19.7 Å². The van der Waals surface area contributed by atoms with Crippen LogP contribution in [0.1, 0.15) is 32.8 Å². The minimum atomic E-state index is -0.399. The van der Waals surface area contributed by atoms with Crippen molar-refractivity contribution in [2.24, 2.45) is 5.92 Å². The van der Waals surface area contributed by atoms with Gasteiger partial charge in [0.15, 0.2) is 5.76 Å². The molecule has 1 aromatic rings. The Bertz CT molecular complexity index is 1070. The van der Waals surface area contributed by atoms with E-state index in [0.29, 0.717) is 36.1 Å². The second-order valence-electron chi connectivity index (χ2n) is 8.14. The van der Waals surface area contributed by atoms with Gasteiger partial charge in [0.1, 0.15) is 0 Å². The quantitative estimate of drug-likeness (QED) is 0.269. The van der Waals surface area contributed by atoms with Crippen molar-refractivity contribution in [2.45, 2.75) is 32.4 Å². The summed E-state index contributed by atoms with van der Waals surface area (Å²) in [5.74, 6) is 0.381. The van der Waals surface area contributed by atoms with Crippen LogP contribution in [0.15, 0.2) is 63.6 Å². The zero-order valence-electron chi connectivity index (χ0n) is 19.8. The van der Waals surface area contributed by atoms with Crippen LogP contribution in [0.3, 0.4) is 0 Å². The third-order valence-electron chi connectivity index (χ3n) is 5.98. The Hall–Kier alpha value is -2.71. The first-order valence-electron chi connectivity index (χ1n) is 11.1. The maximum Gasteiger partial charge on any atom is 0.264 e. The van der Waals surface area contributed by atoms with Crippen molar-refractivity contribution in [3.63, 3.8) is 0 Å². The van der Waals surface area contributed by atoms with Gasteiger partial charge in [0, 0.05) is 28.5 Å². The van der Waals surface area contributed by atoms with Gasteiger partial charge in [-0.15, -0.1) is 23.5 Å². The van der Waals surface area contributed by atoms with Gasteiger partial charge in [-0.05, 0) is 55.7 Å². The first kappa shape index (κ1) is 25.9. The Balaban J connectivity index is 1.48.